The van der Waals surface area contributed by atoms with Gasteiger partial charge in [-0.25, -0.2) is 4.79 Å². The Kier molecular flexibility index (Phi) is 5.33. The third kappa shape index (κ3) is 4.29. The lowest BCUT2D eigenvalue weighted by Gasteiger charge is -2.19. The van der Waals surface area contributed by atoms with Gasteiger partial charge in [0.05, 0.1) is 0 Å². The number of carboxylic acids is 1. The quantitative estimate of drug-likeness (QED) is 0.835. The van der Waals surface area contributed by atoms with E-state index in [1.165, 1.54) is 0 Å². The second-order valence-corrected chi connectivity index (χ2v) is 5.48. The van der Waals surface area contributed by atoms with E-state index in [9.17, 15) is 14.7 Å². The maximum Gasteiger partial charge on any atom is 0.326 e. The number of aryl methyl sites for hydroxylation is 1. The van der Waals surface area contributed by atoms with E-state index >= 15 is 0 Å². The molecule has 21 heavy (non-hydrogen) atoms. The molecule has 114 valence electrons. The highest BCUT2D eigenvalue weighted by Crippen LogP contribution is 2.20. The highest BCUT2D eigenvalue weighted by Gasteiger charge is 2.33. The van der Waals surface area contributed by atoms with Crippen molar-refractivity contribution < 1.29 is 19.4 Å². The predicted octanol–water partition coefficient (Wildman–Crippen LogP) is 1.61. The zero-order valence-electron chi connectivity index (χ0n) is 12.1. The first kappa shape index (κ1) is 15.5. The molecular formula is C16H21NO4. The molecule has 2 rings (SSSR count). The van der Waals surface area contributed by atoms with Gasteiger partial charge in [0.1, 0.15) is 12.1 Å². The molecule has 5 heteroatoms. The maximum atomic E-state index is 12.1. The summed E-state index contributed by atoms with van der Waals surface area (Å²) in [7, 11) is 0. The van der Waals surface area contributed by atoms with Crippen LogP contribution in [-0.4, -0.2) is 35.7 Å². The number of nitrogens with one attached hydrogen (secondary N) is 1. The van der Waals surface area contributed by atoms with E-state index in [0.29, 0.717) is 19.4 Å². The molecule has 0 aliphatic carbocycles. The van der Waals surface area contributed by atoms with Crippen molar-refractivity contribution in [2.75, 3.05) is 6.61 Å². The van der Waals surface area contributed by atoms with Crippen LogP contribution in [0.5, 0.6) is 0 Å². The lowest BCUT2D eigenvalue weighted by molar-refractivity contribution is -0.144. The van der Waals surface area contributed by atoms with Crippen molar-refractivity contribution in [3.8, 4) is 0 Å². The molecule has 1 saturated heterocycles. The van der Waals surface area contributed by atoms with E-state index in [4.69, 9.17) is 4.74 Å². The van der Waals surface area contributed by atoms with Gasteiger partial charge >= 0.3 is 5.97 Å². The van der Waals surface area contributed by atoms with Gasteiger partial charge in [0.2, 0.25) is 5.91 Å². The zero-order chi connectivity index (χ0) is 15.2. The molecule has 0 radical (unpaired) electrons. The van der Waals surface area contributed by atoms with Gasteiger partial charge in [0.15, 0.2) is 0 Å². The number of carboxylic acid groups (broad SMARTS) is 1. The second kappa shape index (κ2) is 7.22. The van der Waals surface area contributed by atoms with Crippen molar-refractivity contribution in [1.82, 2.24) is 5.32 Å². The van der Waals surface area contributed by atoms with E-state index in [1.54, 1.807) is 0 Å². The van der Waals surface area contributed by atoms with E-state index in [0.717, 1.165) is 12.0 Å². The summed E-state index contributed by atoms with van der Waals surface area (Å²) in [5.74, 6) is -1.20. The van der Waals surface area contributed by atoms with Crippen molar-refractivity contribution >= 4 is 11.9 Å². The van der Waals surface area contributed by atoms with Crippen LogP contribution < -0.4 is 5.32 Å². The number of ether oxygens (including phenoxy) is 1. The zero-order valence-corrected chi connectivity index (χ0v) is 12.1. The third-order valence-corrected chi connectivity index (χ3v) is 3.82. The lowest BCUT2D eigenvalue weighted by Crippen LogP contribution is -2.46. The van der Waals surface area contributed by atoms with E-state index in [-0.39, 0.29) is 11.8 Å². The van der Waals surface area contributed by atoms with E-state index < -0.39 is 18.1 Å². The van der Waals surface area contributed by atoms with Crippen LogP contribution in [0.25, 0.3) is 0 Å². The summed E-state index contributed by atoms with van der Waals surface area (Å²) in [5.41, 5.74) is 1.06. The molecule has 1 aromatic carbocycles. The molecular weight excluding hydrogens is 270 g/mol. The average molecular weight is 291 g/mol. The molecule has 1 heterocycles. The van der Waals surface area contributed by atoms with Crippen LogP contribution in [0.4, 0.5) is 0 Å². The largest absolute Gasteiger partial charge is 0.480 e. The number of amides is 1. The van der Waals surface area contributed by atoms with Crippen molar-refractivity contribution in [1.29, 1.82) is 0 Å². The summed E-state index contributed by atoms with van der Waals surface area (Å²) >= 11 is 0. The fourth-order valence-corrected chi connectivity index (χ4v) is 2.50. The van der Waals surface area contributed by atoms with Crippen LogP contribution in [0, 0.1) is 5.92 Å². The van der Waals surface area contributed by atoms with Gasteiger partial charge in [-0.05, 0) is 30.7 Å². The minimum atomic E-state index is -1.01. The second-order valence-electron chi connectivity index (χ2n) is 5.48. The molecule has 3 atom stereocenters. The van der Waals surface area contributed by atoms with Gasteiger partial charge in [0, 0.05) is 6.61 Å². The Morgan fingerprint density at radius 1 is 1.38 bits per heavy atom. The predicted molar refractivity (Wildman–Crippen MR) is 77.9 cm³/mol. The number of rotatable bonds is 6. The lowest BCUT2D eigenvalue weighted by atomic mass is 10.0. The van der Waals surface area contributed by atoms with Crippen molar-refractivity contribution in [2.45, 2.75) is 38.3 Å². The van der Waals surface area contributed by atoms with Crippen LogP contribution in [0.1, 0.15) is 25.3 Å². The summed E-state index contributed by atoms with van der Waals surface area (Å²) in [4.78, 5) is 23.4. The molecule has 0 spiro atoms. The summed E-state index contributed by atoms with van der Waals surface area (Å²) in [6.07, 6.45) is 1.29. The SMILES string of the molecule is CC1CCOC1C(=O)N[C@@H](CCc1ccccc1)C(=O)O. The van der Waals surface area contributed by atoms with Gasteiger partial charge in [-0.2, -0.15) is 0 Å². The van der Waals surface area contributed by atoms with E-state index in [1.807, 2.05) is 37.3 Å². The molecule has 0 bridgehead atoms. The molecule has 1 aliphatic heterocycles. The minimum absolute atomic E-state index is 0.133. The minimum Gasteiger partial charge on any atom is -0.480 e. The standard InChI is InChI=1S/C16H21NO4/c1-11-9-10-21-14(11)15(18)17-13(16(19)20)8-7-12-5-3-2-4-6-12/h2-6,11,13-14H,7-10H2,1H3,(H,17,18)(H,19,20)/t11?,13-,14?/m0/s1. The molecule has 2 N–H and O–H groups in total. The molecule has 0 saturated carbocycles. The number of carbonyl (C=O) groups excluding carboxylic acids is 1. The van der Waals surface area contributed by atoms with Gasteiger partial charge in [-0.1, -0.05) is 37.3 Å². The molecule has 1 aliphatic rings. The van der Waals surface area contributed by atoms with Gasteiger partial charge in [-0.15, -0.1) is 0 Å². The number of carbonyl (C=O) groups is 2. The Morgan fingerprint density at radius 2 is 2.10 bits per heavy atom. The summed E-state index contributed by atoms with van der Waals surface area (Å²) in [5, 5.41) is 11.8. The van der Waals surface area contributed by atoms with Crippen LogP contribution in [-0.2, 0) is 20.7 Å². The van der Waals surface area contributed by atoms with Crippen molar-refractivity contribution in [2.24, 2.45) is 5.92 Å². The normalized spacial score (nSPS) is 22.7. The Balaban J connectivity index is 1.90. The first-order valence-corrected chi connectivity index (χ1v) is 7.26. The molecule has 0 aromatic heterocycles. The van der Waals surface area contributed by atoms with Gasteiger partial charge in [0.25, 0.3) is 0 Å². The molecule has 2 unspecified atom stereocenters. The summed E-state index contributed by atoms with van der Waals surface area (Å²) in [6.45, 7) is 2.50. The van der Waals surface area contributed by atoms with Gasteiger partial charge in [-0.3, -0.25) is 4.79 Å². The smallest absolute Gasteiger partial charge is 0.326 e. The number of hydrogen-bond acceptors (Lipinski definition) is 3. The Morgan fingerprint density at radius 3 is 2.67 bits per heavy atom. The first-order valence-electron chi connectivity index (χ1n) is 7.26. The molecule has 1 amide bonds. The maximum absolute atomic E-state index is 12.1. The highest BCUT2D eigenvalue weighted by molar-refractivity contribution is 5.86. The number of hydrogen-bond donors (Lipinski definition) is 2. The highest BCUT2D eigenvalue weighted by atomic mass is 16.5. The third-order valence-electron chi connectivity index (χ3n) is 3.82. The number of benzene rings is 1. The van der Waals surface area contributed by atoms with Crippen LogP contribution in [0.3, 0.4) is 0 Å². The number of aliphatic carboxylic acids is 1. The van der Waals surface area contributed by atoms with Crippen molar-refractivity contribution in [3.63, 3.8) is 0 Å². The topological polar surface area (TPSA) is 75.6 Å². The van der Waals surface area contributed by atoms with Crippen LogP contribution >= 0.6 is 0 Å². The average Bonchev–Trinajstić information content (AvgIpc) is 2.90. The monoisotopic (exact) mass is 291 g/mol. The fourth-order valence-electron chi connectivity index (χ4n) is 2.50. The molecule has 1 fully saturated rings. The molecule has 5 nitrogen and oxygen atoms in total. The van der Waals surface area contributed by atoms with Crippen molar-refractivity contribution in [3.05, 3.63) is 35.9 Å². The van der Waals surface area contributed by atoms with Crippen LogP contribution in [0.2, 0.25) is 0 Å². The summed E-state index contributed by atoms with van der Waals surface area (Å²) in [6, 6.07) is 8.76. The summed E-state index contributed by atoms with van der Waals surface area (Å²) < 4.78 is 5.37. The fraction of sp³-hybridized carbons (Fsp3) is 0.500. The van der Waals surface area contributed by atoms with E-state index in [2.05, 4.69) is 5.32 Å². The Hall–Kier alpha value is -1.88. The Labute approximate surface area is 124 Å². The molecule has 1 aromatic rings. The van der Waals surface area contributed by atoms with Crippen LogP contribution in [0.15, 0.2) is 30.3 Å². The Bertz CT molecular complexity index is 488. The van der Waals surface area contributed by atoms with Gasteiger partial charge < -0.3 is 15.2 Å². The first-order chi connectivity index (χ1) is 10.1.